The summed E-state index contributed by atoms with van der Waals surface area (Å²) in [5, 5.41) is 7.95. The van der Waals surface area contributed by atoms with Crippen LogP contribution in [-0.2, 0) is 14.3 Å². The number of allylic oxidation sites excluding steroid dienone is 1. The molecule has 0 spiro atoms. The molecule has 0 aromatic heterocycles. The maximum Gasteiger partial charge on any atom is 0.302 e. The van der Waals surface area contributed by atoms with Crippen molar-refractivity contribution in [1.82, 2.24) is 0 Å². The van der Waals surface area contributed by atoms with Gasteiger partial charge in [0.2, 0.25) is 5.90 Å². The molecule has 6 heteroatoms. The van der Waals surface area contributed by atoms with Crippen LogP contribution in [0.3, 0.4) is 0 Å². The standard InChI is InChI=1S/C15H28N2OS.C9H20.C5H10O2.3C2H6/c1-4-7-9-10-12-18-15(16)14(17-19)13(6-3)11-8-5-2;1-6-8(2)7-9(3,4)5;1-3-4-7-5(2)6;3*1-2/h11,16,19H,4-10,12H2,1-3H3;8H,6-7H2,1-5H3;3-4H2,1-2H3;3*1-2H3/b13-11+,16-15?,17-14-;;;;;. The first-order valence-corrected chi connectivity index (χ1v) is 17.1. The molecule has 0 saturated heterocycles. The van der Waals surface area contributed by atoms with Crippen LogP contribution in [0.4, 0.5) is 0 Å². The van der Waals surface area contributed by atoms with Crippen LogP contribution < -0.4 is 0 Å². The van der Waals surface area contributed by atoms with Crippen LogP contribution in [0.2, 0.25) is 0 Å². The molecular formula is C35H76N2O3S. The van der Waals surface area contributed by atoms with Crippen LogP contribution in [0.25, 0.3) is 0 Å². The van der Waals surface area contributed by atoms with Crippen LogP contribution in [-0.4, -0.2) is 30.8 Å². The Kier molecular flexibility index (Phi) is 55.1. The fourth-order valence-electron chi connectivity index (χ4n) is 3.19. The number of hydrogen-bond donors (Lipinski definition) is 2. The van der Waals surface area contributed by atoms with Crippen molar-refractivity contribution >= 4 is 30.4 Å². The minimum Gasteiger partial charge on any atom is -0.477 e. The second-order valence-electron chi connectivity index (χ2n) is 10.2. The third kappa shape index (κ3) is 48.7. The van der Waals surface area contributed by atoms with Gasteiger partial charge in [0.25, 0.3) is 0 Å². The highest BCUT2D eigenvalue weighted by molar-refractivity contribution is 7.79. The summed E-state index contributed by atoms with van der Waals surface area (Å²) in [5.74, 6) is 0.850. The summed E-state index contributed by atoms with van der Waals surface area (Å²) in [5.41, 5.74) is 2.15. The first-order chi connectivity index (χ1) is 19.4. The maximum atomic E-state index is 9.98. The molecule has 0 rings (SSSR count). The van der Waals surface area contributed by atoms with Gasteiger partial charge < -0.3 is 9.47 Å². The molecule has 0 aliphatic rings. The van der Waals surface area contributed by atoms with Crippen molar-refractivity contribution < 1.29 is 14.3 Å². The minimum absolute atomic E-state index is 0.149. The second kappa shape index (κ2) is 43.2. The molecule has 0 saturated carbocycles. The van der Waals surface area contributed by atoms with E-state index >= 15 is 0 Å². The van der Waals surface area contributed by atoms with Crippen molar-refractivity contribution in [3.63, 3.8) is 0 Å². The molecule has 250 valence electrons. The zero-order valence-electron chi connectivity index (χ0n) is 30.8. The van der Waals surface area contributed by atoms with Crippen molar-refractivity contribution in [2.45, 2.75) is 175 Å². The number of esters is 1. The highest BCUT2D eigenvalue weighted by Crippen LogP contribution is 2.25. The Labute approximate surface area is 265 Å². The van der Waals surface area contributed by atoms with E-state index in [4.69, 9.17) is 10.1 Å². The highest BCUT2D eigenvalue weighted by atomic mass is 32.1. The number of hydrogen-bond acceptors (Lipinski definition) is 6. The number of unbranched alkanes of at least 4 members (excludes halogenated alkanes) is 4. The van der Waals surface area contributed by atoms with Gasteiger partial charge in [0, 0.05) is 6.92 Å². The molecule has 1 atom stereocenters. The van der Waals surface area contributed by atoms with Crippen LogP contribution in [0, 0.1) is 16.7 Å². The first kappa shape index (κ1) is 52.4. The van der Waals surface area contributed by atoms with Gasteiger partial charge in [0.15, 0.2) is 0 Å². The van der Waals surface area contributed by atoms with Crippen molar-refractivity contribution in [1.29, 1.82) is 5.41 Å². The van der Waals surface area contributed by atoms with E-state index in [9.17, 15) is 4.79 Å². The van der Waals surface area contributed by atoms with E-state index in [0.717, 1.165) is 50.0 Å². The van der Waals surface area contributed by atoms with E-state index in [-0.39, 0.29) is 11.9 Å². The molecule has 0 bridgehead atoms. The van der Waals surface area contributed by atoms with Crippen molar-refractivity contribution in [2.75, 3.05) is 13.2 Å². The molecule has 5 nitrogen and oxygen atoms in total. The van der Waals surface area contributed by atoms with E-state index < -0.39 is 0 Å². The molecule has 41 heavy (non-hydrogen) atoms. The van der Waals surface area contributed by atoms with Gasteiger partial charge in [-0.25, -0.2) is 4.40 Å². The summed E-state index contributed by atoms with van der Waals surface area (Å²) < 4.78 is 13.9. The van der Waals surface area contributed by atoms with Crippen molar-refractivity contribution in [3.05, 3.63) is 11.6 Å². The average Bonchev–Trinajstić information content (AvgIpc) is 2.96. The van der Waals surface area contributed by atoms with E-state index in [0.29, 0.717) is 24.3 Å². The summed E-state index contributed by atoms with van der Waals surface area (Å²) in [6.07, 6.45) is 13.2. The SMILES string of the molecule is CC.CC.CC.CCC(C)CC(C)(C)C.CCC/C=C(CC)/C(=N/S)C(=N)OCCCCCC.CCCOC(C)=O. The Morgan fingerprint density at radius 2 is 1.39 bits per heavy atom. The summed E-state index contributed by atoms with van der Waals surface area (Å²) in [7, 11) is 0. The van der Waals surface area contributed by atoms with Crippen LogP contribution in [0.1, 0.15) is 175 Å². The molecule has 0 aromatic carbocycles. The summed E-state index contributed by atoms with van der Waals surface area (Å²) in [6.45, 7) is 34.4. The summed E-state index contributed by atoms with van der Waals surface area (Å²) in [4.78, 5) is 9.98. The quantitative estimate of drug-likeness (QED) is 0.0681. The number of nitrogens with zero attached hydrogens (tertiary/aromatic N) is 1. The molecule has 0 aromatic rings. The molecule has 1 N–H and O–H groups in total. The largest absolute Gasteiger partial charge is 0.477 e. The van der Waals surface area contributed by atoms with Gasteiger partial charge >= 0.3 is 5.97 Å². The number of nitrogens with one attached hydrogen (secondary N) is 1. The second-order valence-corrected chi connectivity index (χ2v) is 10.4. The van der Waals surface area contributed by atoms with E-state index in [2.05, 4.69) is 83.4 Å². The molecule has 0 aliphatic carbocycles. The molecule has 0 heterocycles. The van der Waals surface area contributed by atoms with E-state index in [1.165, 1.54) is 32.6 Å². The zero-order valence-corrected chi connectivity index (χ0v) is 31.7. The third-order valence-electron chi connectivity index (χ3n) is 5.09. The smallest absolute Gasteiger partial charge is 0.302 e. The number of thiol groups is 1. The number of carbonyl (C=O) groups excluding carboxylic acids is 1. The zero-order chi connectivity index (χ0) is 33.7. The van der Waals surface area contributed by atoms with Crippen molar-refractivity contribution in [2.24, 2.45) is 15.7 Å². The predicted molar refractivity (Wildman–Crippen MR) is 192 cm³/mol. The molecular weight excluding hydrogens is 528 g/mol. The van der Waals surface area contributed by atoms with Crippen LogP contribution in [0.15, 0.2) is 16.0 Å². The predicted octanol–water partition coefficient (Wildman–Crippen LogP) is 12.5. The normalized spacial score (nSPS) is 11.1. The van der Waals surface area contributed by atoms with Gasteiger partial charge in [0.05, 0.1) is 13.2 Å². The highest BCUT2D eigenvalue weighted by Gasteiger charge is 2.13. The van der Waals surface area contributed by atoms with Gasteiger partial charge in [-0.1, -0.05) is 142 Å². The number of rotatable bonds is 14. The fraction of sp³-hybridized carbons (Fsp3) is 0.857. The van der Waals surface area contributed by atoms with Gasteiger partial charge in [-0.2, -0.15) is 0 Å². The van der Waals surface area contributed by atoms with Gasteiger partial charge in [-0.3, -0.25) is 10.2 Å². The topological polar surface area (TPSA) is 71.7 Å². The van der Waals surface area contributed by atoms with Crippen LogP contribution >= 0.6 is 12.8 Å². The average molecular weight is 605 g/mol. The first-order valence-electron chi connectivity index (χ1n) is 16.7. The lowest BCUT2D eigenvalue weighted by Crippen LogP contribution is -2.19. The lowest BCUT2D eigenvalue weighted by Gasteiger charge is -2.21. The number of ether oxygens (including phenoxy) is 2. The Hall–Kier alpha value is -1.30. The minimum atomic E-state index is -0.193. The molecule has 0 fully saturated rings. The lowest BCUT2D eigenvalue weighted by molar-refractivity contribution is -0.140. The van der Waals surface area contributed by atoms with E-state index in [1.54, 1.807) is 0 Å². The Morgan fingerprint density at radius 1 is 0.854 bits per heavy atom. The van der Waals surface area contributed by atoms with Crippen LogP contribution in [0.5, 0.6) is 0 Å². The summed E-state index contributed by atoms with van der Waals surface area (Å²) in [6, 6.07) is 0. The number of carbonyl (C=O) groups is 1. The van der Waals surface area contributed by atoms with Gasteiger partial charge in [-0.15, -0.1) is 0 Å². The maximum absolute atomic E-state index is 9.98. The fourth-order valence-corrected chi connectivity index (χ4v) is 3.41. The van der Waals surface area contributed by atoms with Gasteiger partial charge in [0.1, 0.15) is 5.71 Å². The van der Waals surface area contributed by atoms with E-state index in [1.807, 2.05) is 48.5 Å². The summed E-state index contributed by atoms with van der Waals surface area (Å²) >= 11 is 3.98. The molecule has 1 unspecified atom stereocenters. The Morgan fingerprint density at radius 3 is 1.68 bits per heavy atom. The molecule has 0 amide bonds. The van der Waals surface area contributed by atoms with Gasteiger partial charge in [-0.05, 0) is 61.8 Å². The molecule has 0 aliphatic heterocycles. The molecule has 0 radical (unpaired) electrons. The third-order valence-corrected chi connectivity index (χ3v) is 5.29. The monoisotopic (exact) mass is 605 g/mol. The lowest BCUT2D eigenvalue weighted by atomic mass is 9.84. The Balaban J connectivity index is -0.000000116. The Bertz CT molecular complexity index is 582. The van der Waals surface area contributed by atoms with Crippen molar-refractivity contribution in [3.8, 4) is 0 Å².